The summed E-state index contributed by atoms with van der Waals surface area (Å²) in [5.74, 6) is 0. The summed E-state index contributed by atoms with van der Waals surface area (Å²) in [6, 6.07) is 8.61. The van der Waals surface area contributed by atoms with Crippen molar-refractivity contribution in [2.24, 2.45) is 0 Å². The molecule has 1 aromatic rings. The van der Waals surface area contributed by atoms with E-state index >= 15 is 0 Å². The van der Waals surface area contributed by atoms with Gasteiger partial charge >= 0.3 is 0 Å². The van der Waals surface area contributed by atoms with Crippen LogP contribution in [0.5, 0.6) is 0 Å². The fourth-order valence-electron chi connectivity index (χ4n) is 1.32. The predicted molar refractivity (Wildman–Crippen MR) is 56.8 cm³/mol. The number of benzene rings is 1. The lowest BCUT2D eigenvalue weighted by atomic mass is 9.86. The molecular weight excluding hydrogens is 158 g/mol. The van der Waals surface area contributed by atoms with Gasteiger partial charge in [0.1, 0.15) is 0 Å². The number of rotatable bonds is 2. The molecule has 0 heterocycles. The first-order valence-corrected chi connectivity index (χ1v) is 4.78. The highest BCUT2D eigenvalue weighted by Gasteiger charge is 2.12. The second kappa shape index (κ2) is 3.93. The van der Waals surface area contributed by atoms with Gasteiger partial charge in [-0.15, -0.1) is 0 Å². The Morgan fingerprint density at radius 3 is 2.00 bits per heavy atom. The molecule has 0 atom stereocenters. The third kappa shape index (κ3) is 2.85. The van der Waals surface area contributed by atoms with E-state index in [4.69, 9.17) is 5.73 Å². The van der Waals surface area contributed by atoms with E-state index in [1.54, 1.807) is 0 Å². The second-order valence-corrected chi connectivity index (χ2v) is 4.45. The van der Waals surface area contributed by atoms with E-state index in [0.717, 1.165) is 6.42 Å². The molecular formula is C12H18N. The van der Waals surface area contributed by atoms with Gasteiger partial charge in [-0.3, -0.25) is 5.73 Å². The van der Waals surface area contributed by atoms with Crippen molar-refractivity contribution in [3.05, 3.63) is 35.4 Å². The molecule has 0 fully saturated rings. The van der Waals surface area contributed by atoms with E-state index in [1.807, 2.05) is 0 Å². The Kier molecular flexibility index (Phi) is 3.10. The Balaban J connectivity index is 2.81. The molecule has 0 unspecified atom stereocenters. The van der Waals surface area contributed by atoms with Gasteiger partial charge in [-0.1, -0.05) is 45.0 Å². The first-order chi connectivity index (χ1) is 6.04. The summed E-state index contributed by atoms with van der Waals surface area (Å²) in [5.41, 5.74) is 9.98. The van der Waals surface area contributed by atoms with Crippen LogP contribution >= 0.6 is 0 Å². The van der Waals surface area contributed by atoms with Crippen LogP contribution in [0.1, 0.15) is 31.9 Å². The van der Waals surface area contributed by atoms with E-state index in [0.29, 0.717) is 6.54 Å². The van der Waals surface area contributed by atoms with E-state index in [2.05, 4.69) is 45.0 Å². The zero-order valence-electron chi connectivity index (χ0n) is 8.72. The molecule has 1 heteroatoms. The Bertz CT molecular complexity index is 253. The number of nitrogens with one attached hydrogen (secondary N) is 1. The van der Waals surface area contributed by atoms with Crippen LogP contribution in [0.3, 0.4) is 0 Å². The van der Waals surface area contributed by atoms with Gasteiger partial charge in [0, 0.05) is 6.54 Å². The van der Waals surface area contributed by atoms with Crippen LogP contribution in [0.15, 0.2) is 24.3 Å². The summed E-state index contributed by atoms with van der Waals surface area (Å²) >= 11 is 0. The van der Waals surface area contributed by atoms with Crippen molar-refractivity contribution in [2.45, 2.75) is 32.6 Å². The zero-order chi connectivity index (χ0) is 9.90. The monoisotopic (exact) mass is 176 g/mol. The minimum absolute atomic E-state index is 0.236. The summed E-state index contributed by atoms with van der Waals surface area (Å²) < 4.78 is 0. The lowest BCUT2D eigenvalue weighted by Crippen LogP contribution is -2.10. The minimum atomic E-state index is 0.236. The molecule has 1 radical (unpaired) electrons. The van der Waals surface area contributed by atoms with Crippen molar-refractivity contribution >= 4 is 0 Å². The first kappa shape index (κ1) is 10.3. The highest BCUT2D eigenvalue weighted by molar-refractivity contribution is 5.27. The molecule has 0 aliphatic carbocycles. The van der Waals surface area contributed by atoms with Crippen molar-refractivity contribution in [2.75, 3.05) is 6.54 Å². The van der Waals surface area contributed by atoms with Crippen LogP contribution < -0.4 is 5.73 Å². The molecule has 1 rings (SSSR count). The summed E-state index contributed by atoms with van der Waals surface area (Å²) in [4.78, 5) is 0. The maximum absolute atomic E-state index is 7.12. The van der Waals surface area contributed by atoms with Gasteiger partial charge in [0.2, 0.25) is 0 Å². The molecule has 71 valence electrons. The van der Waals surface area contributed by atoms with Crippen molar-refractivity contribution in [3.63, 3.8) is 0 Å². The molecule has 1 aromatic carbocycles. The molecule has 0 bridgehead atoms. The number of hydrogen-bond donors (Lipinski definition) is 0. The predicted octanol–water partition coefficient (Wildman–Crippen LogP) is 2.81. The molecule has 0 aliphatic rings. The smallest absolute Gasteiger partial charge is 0.0140 e. The minimum Gasteiger partial charge on any atom is -0.258 e. The van der Waals surface area contributed by atoms with Crippen LogP contribution in [0.4, 0.5) is 0 Å². The molecule has 1 nitrogen and oxygen atoms in total. The summed E-state index contributed by atoms with van der Waals surface area (Å²) in [6.45, 7) is 7.13. The van der Waals surface area contributed by atoms with E-state index in [9.17, 15) is 0 Å². The Hall–Kier alpha value is -0.820. The lowest BCUT2D eigenvalue weighted by molar-refractivity contribution is 0.590. The second-order valence-electron chi connectivity index (χ2n) is 4.45. The van der Waals surface area contributed by atoms with E-state index in [1.165, 1.54) is 11.1 Å². The highest BCUT2D eigenvalue weighted by Crippen LogP contribution is 2.22. The highest BCUT2D eigenvalue weighted by atomic mass is 14.5. The first-order valence-electron chi connectivity index (χ1n) is 4.78. The quantitative estimate of drug-likeness (QED) is 0.661. The van der Waals surface area contributed by atoms with Gasteiger partial charge in [0.05, 0.1) is 0 Å². The van der Waals surface area contributed by atoms with Crippen molar-refractivity contribution in [3.8, 4) is 0 Å². The molecule has 0 saturated heterocycles. The Labute approximate surface area is 81.0 Å². The number of hydrogen-bond acceptors (Lipinski definition) is 0. The van der Waals surface area contributed by atoms with Crippen LogP contribution in [-0.2, 0) is 11.8 Å². The van der Waals surface area contributed by atoms with Gasteiger partial charge in [-0.2, -0.15) is 0 Å². The Morgan fingerprint density at radius 2 is 1.62 bits per heavy atom. The third-order valence-electron chi connectivity index (χ3n) is 2.23. The van der Waals surface area contributed by atoms with Crippen molar-refractivity contribution < 1.29 is 0 Å². The zero-order valence-corrected chi connectivity index (χ0v) is 8.72. The van der Waals surface area contributed by atoms with Gasteiger partial charge in [0.15, 0.2) is 0 Å². The van der Waals surface area contributed by atoms with Crippen LogP contribution in [0.2, 0.25) is 0 Å². The summed E-state index contributed by atoms with van der Waals surface area (Å²) in [5, 5.41) is 0. The average Bonchev–Trinajstić information content (AvgIpc) is 2.04. The fourth-order valence-corrected chi connectivity index (χ4v) is 1.32. The van der Waals surface area contributed by atoms with Crippen LogP contribution in [-0.4, -0.2) is 6.54 Å². The SMILES string of the molecule is CC(C)(C)c1ccc(CC[NH])cc1. The maximum Gasteiger partial charge on any atom is 0.0140 e. The standard InChI is InChI=1S/C12H18N/c1-12(2,3)11-6-4-10(5-7-11)8-9-13/h4-7,13H,8-9H2,1-3H3. The molecule has 1 N–H and O–H groups in total. The summed E-state index contributed by atoms with van der Waals surface area (Å²) in [6.07, 6.45) is 0.865. The van der Waals surface area contributed by atoms with Crippen LogP contribution in [0, 0.1) is 0 Å². The molecule has 0 aliphatic heterocycles. The maximum atomic E-state index is 7.12. The van der Waals surface area contributed by atoms with Gasteiger partial charge in [-0.25, -0.2) is 0 Å². The largest absolute Gasteiger partial charge is 0.258 e. The van der Waals surface area contributed by atoms with E-state index < -0.39 is 0 Å². The Morgan fingerprint density at radius 1 is 1.08 bits per heavy atom. The topological polar surface area (TPSA) is 23.8 Å². The summed E-state index contributed by atoms with van der Waals surface area (Å²) in [7, 11) is 0. The molecule has 0 spiro atoms. The average molecular weight is 176 g/mol. The van der Waals surface area contributed by atoms with Crippen LogP contribution in [0.25, 0.3) is 0 Å². The molecule has 0 saturated carbocycles. The van der Waals surface area contributed by atoms with Gasteiger partial charge in [-0.05, 0) is 23.0 Å². The van der Waals surface area contributed by atoms with E-state index in [-0.39, 0.29) is 5.41 Å². The molecule has 0 amide bonds. The third-order valence-corrected chi connectivity index (χ3v) is 2.23. The molecule has 0 aromatic heterocycles. The van der Waals surface area contributed by atoms with Crippen molar-refractivity contribution in [1.29, 1.82) is 0 Å². The van der Waals surface area contributed by atoms with Gasteiger partial charge in [0.25, 0.3) is 0 Å². The normalized spacial score (nSPS) is 11.7. The molecule has 13 heavy (non-hydrogen) atoms. The van der Waals surface area contributed by atoms with Gasteiger partial charge < -0.3 is 0 Å². The van der Waals surface area contributed by atoms with Crippen molar-refractivity contribution in [1.82, 2.24) is 5.73 Å². The fraction of sp³-hybridized carbons (Fsp3) is 0.500. The lowest BCUT2D eigenvalue weighted by Gasteiger charge is -2.19.